The molecule has 1 aliphatic rings. The Balaban J connectivity index is 2.41. The molecule has 1 rings (SSSR count). The second-order valence-electron chi connectivity index (χ2n) is 3.58. The van der Waals surface area contributed by atoms with Gasteiger partial charge >= 0.3 is 0 Å². The van der Waals surface area contributed by atoms with E-state index < -0.39 is 5.60 Å². The smallest absolute Gasteiger partial charge is 0.0881 e. The molecular formula is C9H16O2. The van der Waals surface area contributed by atoms with E-state index in [0.29, 0.717) is 12.5 Å². The van der Waals surface area contributed by atoms with Gasteiger partial charge in [-0.05, 0) is 24.3 Å². The van der Waals surface area contributed by atoms with Gasteiger partial charge in [0.15, 0.2) is 0 Å². The highest BCUT2D eigenvalue weighted by Crippen LogP contribution is 2.41. The van der Waals surface area contributed by atoms with Crippen molar-refractivity contribution >= 4 is 0 Å². The van der Waals surface area contributed by atoms with Crippen molar-refractivity contribution in [2.45, 2.75) is 25.4 Å². The topological polar surface area (TPSA) is 29.5 Å². The summed E-state index contributed by atoms with van der Waals surface area (Å²) in [6.45, 7) is 6.41. The molecule has 0 unspecified atom stereocenters. The fourth-order valence-corrected chi connectivity index (χ4v) is 1.69. The van der Waals surface area contributed by atoms with E-state index in [9.17, 15) is 5.11 Å². The maximum Gasteiger partial charge on any atom is 0.0881 e. The molecule has 0 saturated heterocycles. The van der Waals surface area contributed by atoms with E-state index in [1.807, 2.05) is 0 Å². The van der Waals surface area contributed by atoms with Crippen molar-refractivity contribution in [1.82, 2.24) is 0 Å². The maximum absolute atomic E-state index is 9.80. The van der Waals surface area contributed by atoms with Gasteiger partial charge in [0.05, 0.1) is 12.2 Å². The quantitative estimate of drug-likeness (QED) is 0.625. The first-order chi connectivity index (χ1) is 5.08. The molecule has 0 atom stereocenters. The normalized spacial score (nSPS) is 36.5. The van der Waals surface area contributed by atoms with Gasteiger partial charge in [-0.1, -0.05) is 13.5 Å². The van der Waals surface area contributed by atoms with Crippen LogP contribution in [0.1, 0.15) is 19.8 Å². The highest BCUT2D eigenvalue weighted by Gasteiger charge is 2.41. The minimum absolute atomic E-state index is 0.475. The fraction of sp³-hybridized carbons (Fsp3) is 0.778. The largest absolute Gasteiger partial charge is 0.385 e. The van der Waals surface area contributed by atoms with Crippen LogP contribution < -0.4 is 0 Å². The van der Waals surface area contributed by atoms with E-state index in [-0.39, 0.29) is 0 Å². The summed E-state index contributed by atoms with van der Waals surface area (Å²) in [6.07, 6.45) is 1.68. The number of ether oxygens (including phenoxy) is 1. The van der Waals surface area contributed by atoms with Crippen LogP contribution in [0, 0.1) is 5.92 Å². The minimum atomic E-state index is -0.616. The van der Waals surface area contributed by atoms with Gasteiger partial charge in [-0.15, -0.1) is 0 Å². The monoisotopic (exact) mass is 156 g/mol. The Morgan fingerprint density at radius 1 is 1.73 bits per heavy atom. The van der Waals surface area contributed by atoms with E-state index in [2.05, 4.69) is 13.5 Å². The molecule has 0 radical (unpaired) electrons. The van der Waals surface area contributed by atoms with Gasteiger partial charge in [0.2, 0.25) is 0 Å². The number of hydrogen-bond acceptors (Lipinski definition) is 2. The number of rotatable bonds is 3. The van der Waals surface area contributed by atoms with Gasteiger partial charge in [0.1, 0.15) is 0 Å². The van der Waals surface area contributed by atoms with Crippen molar-refractivity contribution in [3.63, 3.8) is 0 Å². The molecule has 0 aliphatic heterocycles. The van der Waals surface area contributed by atoms with Crippen LogP contribution in [0.4, 0.5) is 0 Å². The lowest BCUT2D eigenvalue weighted by Gasteiger charge is -2.43. The lowest BCUT2D eigenvalue weighted by atomic mass is 9.68. The van der Waals surface area contributed by atoms with Gasteiger partial charge < -0.3 is 9.84 Å². The zero-order valence-electron chi connectivity index (χ0n) is 7.26. The standard InChI is InChI=1S/C9H16O2/c1-7-4-9(10,5-7)8(2)6-11-3/h7,10H,2,4-6H2,1,3H3. The highest BCUT2D eigenvalue weighted by atomic mass is 16.5. The average Bonchev–Trinajstić information content (AvgIpc) is 1.85. The maximum atomic E-state index is 9.80. The van der Waals surface area contributed by atoms with Crippen LogP contribution >= 0.6 is 0 Å². The van der Waals surface area contributed by atoms with Gasteiger partial charge in [0.25, 0.3) is 0 Å². The fourth-order valence-electron chi connectivity index (χ4n) is 1.69. The Bertz CT molecular complexity index is 157. The van der Waals surface area contributed by atoms with Crippen LogP contribution in [0.25, 0.3) is 0 Å². The SMILES string of the molecule is C=C(COC)C1(O)CC(C)C1. The van der Waals surface area contributed by atoms with E-state index in [1.54, 1.807) is 7.11 Å². The van der Waals surface area contributed by atoms with E-state index in [4.69, 9.17) is 4.74 Å². The van der Waals surface area contributed by atoms with E-state index in [0.717, 1.165) is 18.4 Å². The average molecular weight is 156 g/mol. The summed E-state index contributed by atoms with van der Waals surface area (Å²) < 4.78 is 4.90. The predicted molar refractivity (Wildman–Crippen MR) is 44.4 cm³/mol. The van der Waals surface area contributed by atoms with Crippen molar-refractivity contribution in [2.24, 2.45) is 5.92 Å². The molecule has 64 valence electrons. The molecule has 1 fully saturated rings. The van der Waals surface area contributed by atoms with Gasteiger partial charge in [0, 0.05) is 7.11 Å². The van der Waals surface area contributed by atoms with Crippen LogP contribution in [0.15, 0.2) is 12.2 Å². The van der Waals surface area contributed by atoms with Crippen LogP contribution in [-0.4, -0.2) is 24.4 Å². The Morgan fingerprint density at radius 3 is 2.64 bits per heavy atom. The van der Waals surface area contributed by atoms with Crippen molar-refractivity contribution in [3.8, 4) is 0 Å². The van der Waals surface area contributed by atoms with E-state index in [1.165, 1.54) is 0 Å². The molecule has 0 bridgehead atoms. The lowest BCUT2D eigenvalue weighted by Crippen LogP contribution is -2.45. The molecule has 11 heavy (non-hydrogen) atoms. The summed E-state index contributed by atoms with van der Waals surface area (Å²) in [5.74, 6) is 0.633. The van der Waals surface area contributed by atoms with Crippen LogP contribution in [0.5, 0.6) is 0 Å². The molecule has 1 N–H and O–H groups in total. The molecule has 1 saturated carbocycles. The Kier molecular flexibility index (Phi) is 2.35. The molecule has 2 heteroatoms. The van der Waals surface area contributed by atoms with Crippen molar-refractivity contribution in [2.75, 3.05) is 13.7 Å². The first-order valence-electron chi connectivity index (χ1n) is 3.98. The number of methoxy groups -OCH3 is 1. The molecule has 0 heterocycles. The molecule has 1 aliphatic carbocycles. The van der Waals surface area contributed by atoms with Crippen molar-refractivity contribution in [3.05, 3.63) is 12.2 Å². The summed E-state index contributed by atoms with van der Waals surface area (Å²) in [7, 11) is 1.62. The zero-order valence-corrected chi connectivity index (χ0v) is 7.26. The molecule has 0 aromatic carbocycles. The zero-order chi connectivity index (χ0) is 8.48. The Morgan fingerprint density at radius 2 is 2.27 bits per heavy atom. The Labute approximate surface area is 67.9 Å². The second kappa shape index (κ2) is 2.95. The molecule has 0 aromatic rings. The molecule has 0 aromatic heterocycles. The summed E-state index contributed by atoms with van der Waals surface area (Å²) >= 11 is 0. The molecule has 0 spiro atoms. The van der Waals surface area contributed by atoms with Crippen molar-refractivity contribution in [1.29, 1.82) is 0 Å². The minimum Gasteiger partial charge on any atom is -0.385 e. The summed E-state index contributed by atoms with van der Waals surface area (Å²) in [5.41, 5.74) is 0.202. The summed E-state index contributed by atoms with van der Waals surface area (Å²) in [5, 5.41) is 9.80. The third kappa shape index (κ3) is 1.63. The second-order valence-corrected chi connectivity index (χ2v) is 3.58. The van der Waals surface area contributed by atoms with E-state index >= 15 is 0 Å². The molecule has 2 nitrogen and oxygen atoms in total. The van der Waals surface area contributed by atoms with Gasteiger partial charge in [-0.3, -0.25) is 0 Å². The van der Waals surface area contributed by atoms with Crippen molar-refractivity contribution < 1.29 is 9.84 Å². The van der Waals surface area contributed by atoms with Crippen LogP contribution in [0.3, 0.4) is 0 Å². The first kappa shape index (κ1) is 8.75. The summed E-state index contributed by atoms with van der Waals surface area (Å²) in [4.78, 5) is 0. The number of aliphatic hydroxyl groups is 1. The van der Waals surface area contributed by atoms with Crippen LogP contribution in [-0.2, 0) is 4.74 Å². The van der Waals surface area contributed by atoms with Crippen LogP contribution in [0.2, 0.25) is 0 Å². The lowest BCUT2D eigenvalue weighted by molar-refractivity contribution is -0.0427. The molecule has 0 amide bonds. The third-order valence-electron chi connectivity index (χ3n) is 2.35. The number of hydrogen-bond donors (Lipinski definition) is 1. The predicted octanol–water partition coefficient (Wildman–Crippen LogP) is 1.35. The molecular weight excluding hydrogens is 140 g/mol. The summed E-state index contributed by atoms with van der Waals surface area (Å²) in [6, 6.07) is 0. The first-order valence-corrected chi connectivity index (χ1v) is 3.98. The van der Waals surface area contributed by atoms with Gasteiger partial charge in [-0.2, -0.15) is 0 Å². The van der Waals surface area contributed by atoms with Gasteiger partial charge in [-0.25, -0.2) is 0 Å². The third-order valence-corrected chi connectivity index (χ3v) is 2.35. The Hall–Kier alpha value is -0.340. The highest BCUT2D eigenvalue weighted by molar-refractivity contribution is 5.18.